The standard InChI is InChI=1S/C48H42BNO2/c1-47(2)48(3,4)52-49(51-47)40-29-33-42(34-30-40)50(44-26-16-24-35-17-14-15-25-43(35)44)41-31-27-39(28-32-41)46(38-22-12-7-13-23-38)45(36-18-8-5-9-19-36)37-20-10-6-11-21-37/h5-34H,1-4H3. The topological polar surface area (TPSA) is 21.7 Å². The Morgan fingerprint density at radius 1 is 0.423 bits per heavy atom. The van der Waals surface area contributed by atoms with Crippen molar-refractivity contribution in [1.82, 2.24) is 0 Å². The molecule has 0 aliphatic carbocycles. The second-order valence-electron chi connectivity index (χ2n) is 14.4. The van der Waals surface area contributed by atoms with Crippen molar-refractivity contribution in [3.63, 3.8) is 0 Å². The van der Waals surface area contributed by atoms with Crippen molar-refractivity contribution in [3.8, 4) is 0 Å². The molecule has 52 heavy (non-hydrogen) atoms. The minimum absolute atomic E-state index is 0.402. The molecular formula is C48H42BNO2. The number of rotatable bonds is 8. The van der Waals surface area contributed by atoms with E-state index in [4.69, 9.17) is 9.31 Å². The molecule has 254 valence electrons. The first-order valence-corrected chi connectivity index (χ1v) is 18.0. The molecule has 0 aromatic heterocycles. The fourth-order valence-corrected chi connectivity index (χ4v) is 7.09. The summed E-state index contributed by atoms with van der Waals surface area (Å²) in [6, 6.07) is 64.9. The fraction of sp³-hybridized carbons (Fsp3) is 0.125. The number of hydrogen-bond acceptors (Lipinski definition) is 3. The summed E-state index contributed by atoms with van der Waals surface area (Å²) < 4.78 is 12.8. The summed E-state index contributed by atoms with van der Waals surface area (Å²) in [7, 11) is -0.420. The van der Waals surface area contributed by atoms with E-state index in [1.54, 1.807) is 0 Å². The van der Waals surface area contributed by atoms with Crippen LogP contribution in [0.25, 0.3) is 21.9 Å². The second kappa shape index (κ2) is 13.8. The largest absolute Gasteiger partial charge is 0.494 e. The predicted octanol–water partition coefficient (Wildman–Crippen LogP) is 11.6. The molecule has 0 radical (unpaired) electrons. The molecule has 0 saturated carbocycles. The van der Waals surface area contributed by atoms with Crippen molar-refractivity contribution >= 4 is 51.6 Å². The van der Waals surface area contributed by atoms with Crippen LogP contribution in [0.5, 0.6) is 0 Å². The van der Waals surface area contributed by atoms with Crippen LogP contribution < -0.4 is 10.4 Å². The molecule has 1 heterocycles. The Bertz CT molecular complexity index is 2270. The first-order valence-electron chi connectivity index (χ1n) is 18.0. The van der Waals surface area contributed by atoms with Crippen LogP contribution in [0.15, 0.2) is 182 Å². The van der Waals surface area contributed by atoms with Gasteiger partial charge in [-0.15, -0.1) is 0 Å². The average Bonchev–Trinajstić information content (AvgIpc) is 3.41. The SMILES string of the molecule is CC1(C)OB(c2ccc(N(c3ccc(C(=C(c4ccccc4)c4ccccc4)c4ccccc4)cc3)c3cccc4ccccc34)cc2)OC1(C)C. The van der Waals surface area contributed by atoms with Gasteiger partial charge >= 0.3 is 7.12 Å². The van der Waals surface area contributed by atoms with Crippen molar-refractivity contribution in [3.05, 3.63) is 204 Å². The third kappa shape index (κ3) is 6.37. The van der Waals surface area contributed by atoms with Crippen molar-refractivity contribution in [2.45, 2.75) is 38.9 Å². The van der Waals surface area contributed by atoms with Gasteiger partial charge in [0.2, 0.25) is 0 Å². The number of fused-ring (bicyclic) bond motifs is 1. The van der Waals surface area contributed by atoms with Crippen molar-refractivity contribution in [2.75, 3.05) is 4.90 Å². The lowest BCUT2D eigenvalue weighted by molar-refractivity contribution is 0.00578. The summed E-state index contributed by atoms with van der Waals surface area (Å²) in [6.07, 6.45) is 0. The molecule has 1 aliphatic heterocycles. The summed E-state index contributed by atoms with van der Waals surface area (Å²) in [5, 5.41) is 2.38. The first-order chi connectivity index (χ1) is 25.3. The second-order valence-corrected chi connectivity index (χ2v) is 14.4. The Balaban J connectivity index is 1.27. The van der Waals surface area contributed by atoms with E-state index in [2.05, 4.69) is 215 Å². The number of anilines is 3. The van der Waals surface area contributed by atoms with Gasteiger partial charge in [-0.2, -0.15) is 0 Å². The van der Waals surface area contributed by atoms with Gasteiger partial charge in [-0.3, -0.25) is 0 Å². The summed E-state index contributed by atoms with van der Waals surface area (Å²) in [6.45, 7) is 8.37. The maximum absolute atomic E-state index is 6.39. The highest BCUT2D eigenvalue weighted by atomic mass is 16.7. The zero-order valence-electron chi connectivity index (χ0n) is 30.2. The fourth-order valence-electron chi connectivity index (χ4n) is 7.09. The lowest BCUT2D eigenvalue weighted by Crippen LogP contribution is -2.41. The molecule has 0 atom stereocenters. The summed E-state index contributed by atoms with van der Waals surface area (Å²) >= 11 is 0. The van der Waals surface area contributed by atoms with Gasteiger partial charge in [-0.05, 0) is 102 Å². The van der Waals surface area contributed by atoms with Crippen LogP contribution in [-0.4, -0.2) is 18.3 Å². The molecule has 0 bridgehead atoms. The Labute approximate surface area is 308 Å². The van der Waals surface area contributed by atoms with Crippen molar-refractivity contribution in [1.29, 1.82) is 0 Å². The molecule has 0 unspecified atom stereocenters. The molecule has 1 aliphatic rings. The van der Waals surface area contributed by atoms with Crippen LogP contribution in [0.4, 0.5) is 17.1 Å². The molecule has 0 amide bonds. The van der Waals surface area contributed by atoms with E-state index in [0.717, 1.165) is 28.1 Å². The number of nitrogens with zero attached hydrogens (tertiary/aromatic N) is 1. The maximum Gasteiger partial charge on any atom is 0.494 e. The molecule has 1 fully saturated rings. The lowest BCUT2D eigenvalue weighted by atomic mass is 9.79. The monoisotopic (exact) mass is 675 g/mol. The highest BCUT2D eigenvalue weighted by molar-refractivity contribution is 6.62. The molecule has 4 heteroatoms. The molecule has 7 aromatic rings. The predicted molar refractivity (Wildman–Crippen MR) is 219 cm³/mol. The Morgan fingerprint density at radius 3 is 1.33 bits per heavy atom. The molecule has 1 saturated heterocycles. The summed E-state index contributed by atoms with van der Waals surface area (Å²) in [5.74, 6) is 0. The van der Waals surface area contributed by atoms with E-state index in [9.17, 15) is 0 Å². The van der Waals surface area contributed by atoms with Gasteiger partial charge in [-0.1, -0.05) is 152 Å². The van der Waals surface area contributed by atoms with E-state index in [0.29, 0.717) is 0 Å². The number of benzene rings is 7. The summed E-state index contributed by atoms with van der Waals surface area (Å²) in [5.41, 5.74) is 10.5. The highest BCUT2D eigenvalue weighted by Crippen LogP contribution is 2.42. The van der Waals surface area contributed by atoms with Crippen LogP contribution in [0.1, 0.15) is 49.9 Å². The quantitative estimate of drug-likeness (QED) is 0.118. The minimum atomic E-state index is -0.420. The van der Waals surface area contributed by atoms with E-state index in [-0.39, 0.29) is 0 Å². The zero-order chi connectivity index (χ0) is 35.7. The maximum atomic E-state index is 6.39. The first kappa shape index (κ1) is 33.5. The summed E-state index contributed by atoms with van der Waals surface area (Å²) in [4.78, 5) is 2.35. The van der Waals surface area contributed by atoms with Crippen molar-refractivity contribution in [2.24, 2.45) is 0 Å². The van der Waals surface area contributed by atoms with Crippen LogP contribution >= 0.6 is 0 Å². The molecular weight excluding hydrogens is 633 g/mol. The molecule has 0 spiro atoms. The lowest BCUT2D eigenvalue weighted by Gasteiger charge is -2.32. The van der Waals surface area contributed by atoms with Gasteiger partial charge in [0.25, 0.3) is 0 Å². The Kier molecular flexibility index (Phi) is 8.88. The molecule has 7 aromatic carbocycles. The average molecular weight is 676 g/mol. The van der Waals surface area contributed by atoms with E-state index >= 15 is 0 Å². The van der Waals surface area contributed by atoms with Gasteiger partial charge in [0.05, 0.1) is 16.9 Å². The van der Waals surface area contributed by atoms with E-state index in [1.165, 1.54) is 38.6 Å². The Morgan fingerprint density at radius 2 is 0.827 bits per heavy atom. The van der Waals surface area contributed by atoms with Crippen molar-refractivity contribution < 1.29 is 9.31 Å². The normalized spacial score (nSPS) is 14.7. The Hall–Kier alpha value is -5.68. The van der Waals surface area contributed by atoms with Gasteiger partial charge in [0, 0.05) is 16.8 Å². The smallest absolute Gasteiger partial charge is 0.399 e. The zero-order valence-corrected chi connectivity index (χ0v) is 30.2. The molecule has 8 rings (SSSR count). The van der Waals surface area contributed by atoms with Gasteiger partial charge < -0.3 is 14.2 Å². The molecule has 0 N–H and O–H groups in total. The van der Waals surface area contributed by atoms with Gasteiger partial charge in [-0.25, -0.2) is 0 Å². The minimum Gasteiger partial charge on any atom is -0.399 e. The number of hydrogen-bond donors (Lipinski definition) is 0. The van der Waals surface area contributed by atoms with E-state index < -0.39 is 18.3 Å². The molecule has 3 nitrogen and oxygen atoms in total. The van der Waals surface area contributed by atoms with E-state index in [1.807, 2.05) is 0 Å². The van der Waals surface area contributed by atoms with Gasteiger partial charge in [0.15, 0.2) is 0 Å². The third-order valence-corrected chi connectivity index (χ3v) is 10.5. The highest BCUT2D eigenvalue weighted by Gasteiger charge is 2.51. The van der Waals surface area contributed by atoms with Gasteiger partial charge in [0.1, 0.15) is 0 Å². The van der Waals surface area contributed by atoms with Crippen LogP contribution in [0.2, 0.25) is 0 Å². The van der Waals surface area contributed by atoms with Crippen LogP contribution in [-0.2, 0) is 9.31 Å². The van der Waals surface area contributed by atoms with Crippen LogP contribution in [0.3, 0.4) is 0 Å². The van der Waals surface area contributed by atoms with Crippen LogP contribution in [0, 0.1) is 0 Å². The third-order valence-electron chi connectivity index (χ3n) is 10.5.